The molecule has 3 nitrogen and oxygen atoms in total. The van der Waals surface area contributed by atoms with Crippen LogP contribution in [0.1, 0.15) is 0 Å². The Labute approximate surface area is 135 Å². The van der Waals surface area contributed by atoms with Crippen LogP contribution in [-0.4, -0.2) is 4.98 Å². The quantitative estimate of drug-likeness (QED) is 0.687. The zero-order chi connectivity index (χ0) is 14.8. The van der Waals surface area contributed by atoms with Crippen molar-refractivity contribution in [2.24, 2.45) is 0 Å². The van der Waals surface area contributed by atoms with Crippen molar-refractivity contribution in [2.45, 2.75) is 0 Å². The van der Waals surface area contributed by atoms with Gasteiger partial charge in [-0.05, 0) is 24.3 Å². The van der Waals surface area contributed by atoms with E-state index in [0.717, 1.165) is 5.56 Å². The molecule has 106 valence electrons. The van der Waals surface area contributed by atoms with Gasteiger partial charge in [-0.2, -0.15) is 0 Å². The Balaban J connectivity index is 2.02. The summed E-state index contributed by atoms with van der Waals surface area (Å²) in [6.07, 6.45) is 0. The Morgan fingerprint density at radius 2 is 1.86 bits per heavy atom. The molecule has 0 aliphatic carbocycles. The highest BCUT2D eigenvalue weighted by molar-refractivity contribution is 7.17. The first-order valence-electron chi connectivity index (χ1n) is 6.08. The number of hydrogen-bond acceptors (Lipinski definition) is 4. The minimum absolute atomic E-state index is 0.423. The molecule has 0 aliphatic heterocycles. The number of para-hydroxylation sites is 1. The number of aromatic nitrogens is 1. The molecule has 3 rings (SSSR count). The molecule has 0 bridgehead atoms. The van der Waals surface area contributed by atoms with E-state index >= 15 is 0 Å². The average molecular weight is 337 g/mol. The third-order valence-electron chi connectivity index (χ3n) is 2.75. The summed E-state index contributed by atoms with van der Waals surface area (Å²) in [5, 5.41) is 2.17. The van der Waals surface area contributed by atoms with E-state index in [1.54, 1.807) is 18.2 Å². The van der Waals surface area contributed by atoms with Crippen LogP contribution in [0.5, 0.6) is 10.8 Å². The van der Waals surface area contributed by atoms with Gasteiger partial charge in [-0.3, -0.25) is 0 Å². The first-order chi connectivity index (χ1) is 10.1. The molecule has 0 saturated heterocycles. The molecule has 0 radical (unpaired) electrons. The van der Waals surface area contributed by atoms with Gasteiger partial charge in [-0.15, -0.1) is 0 Å². The van der Waals surface area contributed by atoms with Crippen molar-refractivity contribution in [1.82, 2.24) is 4.98 Å². The number of nitrogens with two attached hydrogens (primary N) is 1. The maximum atomic E-state index is 6.11. The molecule has 6 heteroatoms. The zero-order valence-corrected chi connectivity index (χ0v) is 13.0. The van der Waals surface area contributed by atoms with Crippen molar-refractivity contribution < 1.29 is 4.74 Å². The Morgan fingerprint density at radius 1 is 1.05 bits per heavy atom. The molecular formula is C15H10Cl2N2OS. The minimum atomic E-state index is 0.423. The summed E-state index contributed by atoms with van der Waals surface area (Å²) in [7, 11) is 0. The largest absolute Gasteiger partial charge is 0.443 e. The van der Waals surface area contributed by atoms with Crippen LogP contribution in [0.3, 0.4) is 0 Å². The van der Waals surface area contributed by atoms with Crippen molar-refractivity contribution >= 4 is 39.7 Å². The van der Waals surface area contributed by atoms with Crippen molar-refractivity contribution in [3.63, 3.8) is 0 Å². The van der Waals surface area contributed by atoms with Gasteiger partial charge >= 0.3 is 0 Å². The molecule has 2 N–H and O–H groups in total. The maximum absolute atomic E-state index is 6.11. The summed E-state index contributed by atoms with van der Waals surface area (Å²) >= 11 is 13.4. The lowest BCUT2D eigenvalue weighted by Crippen LogP contribution is -1.87. The summed E-state index contributed by atoms with van der Waals surface area (Å²) < 4.78 is 5.86. The molecule has 0 unspecified atom stereocenters. The molecule has 1 aromatic heterocycles. The van der Waals surface area contributed by atoms with Gasteiger partial charge < -0.3 is 10.5 Å². The van der Waals surface area contributed by atoms with Gasteiger partial charge in [0.2, 0.25) is 5.06 Å². The number of nitrogen functional groups attached to an aromatic ring is 1. The fourth-order valence-corrected chi connectivity index (χ4v) is 2.92. The van der Waals surface area contributed by atoms with E-state index < -0.39 is 0 Å². The number of nitrogens with zero attached hydrogens (tertiary/aromatic N) is 1. The number of rotatable bonds is 3. The molecule has 0 amide bonds. The van der Waals surface area contributed by atoms with Crippen LogP contribution in [0.2, 0.25) is 10.0 Å². The lowest BCUT2D eigenvalue weighted by Gasteiger charge is -2.07. The van der Waals surface area contributed by atoms with Crippen molar-refractivity contribution in [3.8, 4) is 22.1 Å². The molecule has 1 heterocycles. The first-order valence-corrected chi connectivity index (χ1v) is 7.65. The summed E-state index contributed by atoms with van der Waals surface area (Å²) in [5.74, 6) is 0.561. The van der Waals surface area contributed by atoms with Crippen LogP contribution >= 0.6 is 34.5 Å². The second-order valence-corrected chi connectivity index (χ2v) is 6.07. The van der Waals surface area contributed by atoms with Crippen molar-refractivity contribution in [2.75, 3.05) is 5.73 Å². The van der Waals surface area contributed by atoms with Gasteiger partial charge in [0, 0.05) is 10.6 Å². The Hall–Kier alpha value is -1.75. The molecule has 3 aromatic rings. The first kappa shape index (κ1) is 14.2. The number of ether oxygens (including phenoxy) is 1. The average Bonchev–Trinajstić information content (AvgIpc) is 2.82. The van der Waals surface area contributed by atoms with E-state index in [9.17, 15) is 0 Å². The molecule has 21 heavy (non-hydrogen) atoms. The summed E-state index contributed by atoms with van der Waals surface area (Å²) in [5.41, 5.74) is 7.31. The Bertz CT molecular complexity index is 789. The third kappa shape index (κ3) is 3.13. The molecule has 0 atom stereocenters. The van der Waals surface area contributed by atoms with Crippen LogP contribution in [-0.2, 0) is 0 Å². The van der Waals surface area contributed by atoms with Crippen LogP contribution < -0.4 is 10.5 Å². The smallest absolute Gasteiger partial charge is 0.210 e. The van der Waals surface area contributed by atoms with Crippen molar-refractivity contribution in [3.05, 3.63) is 58.6 Å². The van der Waals surface area contributed by atoms with Crippen molar-refractivity contribution in [1.29, 1.82) is 0 Å². The third-order valence-corrected chi connectivity index (χ3v) is 4.06. The number of hydrogen-bond donors (Lipinski definition) is 1. The fraction of sp³-hybridized carbons (Fsp3) is 0. The standard InChI is InChI=1S/C15H10Cl2N2OS/c16-10-5-3-4-9(8-10)13-14(21-15(18)19-13)20-12-7-2-1-6-11(12)17/h1-8H,(H2,18,19). The van der Waals surface area contributed by atoms with Crippen LogP contribution in [0, 0.1) is 0 Å². The predicted molar refractivity (Wildman–Crippen MR) is 88.5 cm³/mol. The summed E-state index contributed by atoms with van der Waals surface area (Å²) in [6.45, 7) is 0. The summed E-state index contributed by atoms with van der Waals surface area (Å²) in [6, 6.07) is 14.6. The second-order valence-electron chi connectivity index (χ2n) is 4.23. The minimum Gasteiger partial charge on any atom is -0.443 e. The van der Waals surface area contributed by atoms with E-state index in [4.69, 9.17) is 33.7 Å². The zero-order valence-electron chi connectivity index (χ0n) is 10.7. The Kier molecular flexibility index (Phi) is 4.01. The molecule has 2 aromatic carbocycles. The molecule has 0 fully saturated rings. The van der Waals surface area contributed by atoms with E-state index in [1.807, 2.05) is 30.3 Å². The van der Waals surface area contributed by atoms with Crippen LogP contribution in [0.4, 0.5) is 5.13 Å². The molecular weight excluding hydrogens is 327 g/mol. The normalized spacial score (nSPS) is 10.6. The monoisotopic (exact) mass is 336 g/mol. The van der Waals surface area contributed by atoms with E-state index in [2.05, 4.69) is 4.98 Å². The van der Waals surface area contributed by atoms with Gasteiger partial charge in [-0.1, -0.05) is 58.8 Å². The Morgan fingerprint density at radius 3 is 2.62 bits per heavy atom. The number of anilines is 1. The van der Waals surface area contributed by atoms with Gasteiger partial charge in [-0.25, -0.2) is 4.98 Å². The van der Waals surface area contributed by atoms with E-state index in [-0.39, 0.29) is 0 Å². The summed E-state index contributed by atoms with van der Waals surface area (Å²) in [4.78, 5) is 4.32. The highest BCUT2D eigenvalue weighted by Gasteiger charge is 2.15. The number of halogens is 2. The van der Waals surface area contributed by atoms with E-state index in [0.29, 0.717) is 31.7 Å². The molecule has 0 spiro atoms. The second kappa shape index (κ2) is 5.93. The lowest BCUT2D eigenvalue weighted by molar-refractivity contribution is 0.497. The number of benzene rings is 2. The number of thiazole rings is 1. The van der Waals surface area contributed by atoms with Crippen LogP contribution in [0.25, 0.3) is 11.3 Å². The van der Waals surface area contributed by atoms with Gasteiger partial charge in [0.05, 0.1) is 5.02 Å². The molecule has 0 saturated carbocycles. The van der Waals surface area contributed by atoms with Gasteiger partial charge in [0.25, 0.3) is 0 Å². The lowest BCUT2D eigenvalue weighted by atomic mass is 10.2. The SMILES string of the molecule is Nc1nc(-c2cccc(Cl)c2)c(Oc2ccccc2Cl)s1. The highest BCUT2D eigenvalue weighted by Crippen LogP contribution is 2.41. The molecule has 0 aliphatic rings. The highest BCUT2D eigenvalue weighted by atomic mass is 35.5. The maximum Gasteiger partial charge on any atom is 0.210 e. The predicted octanol–water partition coefficient (Wildman–Crippen LogP) is 5.49. The van der Waals surface area contributed by atoms with Gasteiger partial charge in [0.1, 0.15) is 11.4 Å². The fourth-order valence-electron chi connectivity index (χ4n) is 1.84. The van der Waals surface area contributed by atoms with Gasteiger partial charge in [0.15, 0.2) is 5.13 Å². The van der Waals surface area contributed by atoms with E-state index in [1.165, 1.54) is 11.3 Å². The van der Waals surface area contributed by atoms with Crippen LogP contribution in [0.15, 0.2) is 48.5 Å². The topological polar surface area (TPSA) is 48.1 Å².